The molecule has 2 aromatic rings. The van der Waals surface area contributed by atoms with Gasteiger partial charge in [-0.2, -0.15) is 0 Å². The zero-order valence-corrected chi connectivity index (χ0v) is 12.9. The molecule has 1 saturated heterocycles. The van der Waals surface area contributed by atoms with Crippen LogP contribution < -0.4 is 5.32 Å². The first kappa shape index (κ1) is 15.9. The van der Waals surface area contributed by atoms with Gasteiger partial charge in [-0.15, -0.1) is 23.7 Å². The van der Waals surface area contributed by atoms with Gasteiger partial charge in [-0.3, -0.25) is 4.79 Å². The summed E-state index contributed by atoms with van der Waals surface area (Å²) in [6, 6.07) is 10.1. The fourth-order valence-electron chi connectivity index (χ4n) is 2.50. The van der Waals surface area contributed by atoms with Crippen LogP contribution in [-0.2, 0) is 0 Å². The predicted octanol–water partition coefficient (Wildman–Crippen LogP) is 3.10. The van der Waals surface area contributed by atoms with Crippen molar-refractivity contribution in [3.63, 3.8) is 0 Å². The van der Waals surface area contributed by atoms with Gasteiger partial charge in [0, 0.05) is 19.6 Å². The molecule has 0 saturated carbocycles. The number of benzene rings is 1. The fraction of sp³-hybridized carbons (Fsp3) is 0.267. The van der Waals surface area contributed by atoms with E-state index < -0.39 is 0 Å². The van der Waals surface area contributed by atoms with E-state index in [9.17, 15) is 9.18 Å². The van der Waals surface area contributed by atoms with Crippen molar-refractivity contribution in [3.05, 3.63) is 58.0 Å². The average molecular weight is 327 g/mol. The number of nitrogens with zero attached hydrogens (tertiary/aromatic N) is 1. The molecule has 1 aliphatic rings. The van der Waals surface area contributed by atoms with Crippen LogP contribution in [0.1, 0.15) is 21.3 Å². The zero-order valence-electron chi connectivity index (χ0n) is 11.3. The lowest BCUT2D eigenvalue weighted by molar-refractivity contribution is 0.0639. The van der Waals surface area contributed by atoms with Crippen molar-refractivity contribution in [2.24, 2.45) is 0 Å². The van der Waals surface area contributed by atoms with Crippen LogP contribution in [0.25, 0.3) is 0 Å². The Balaban J connectivity index is 0.00000161. The molecule has 1 aromatic carbocycles. The summed E-state index contributed by atoms with van der Waals surface area (Å²) in [4.78, 5) is 15.1. The highest BCUT2D eigenvalue weighted by Crippen LogP contribution is 2.25. The van der Waals surface area contributed by atoms with Crippen LogP contribution in [0.5, 0.6) is 0 Å². The molecule has 1 aliphatic heterocycles. The Kier molecular flexibility index (Phi) is 5.33. The summed E-state index contributed by atoms with van der Waals surface area (Å²) in [5.74, 6) is -0.243. The molecule has 1 N–H and O–H groups in total. The van der Waals surface area contributed by atoms with Crippen LogP contribution >= 0.6 is 23.7 Å². The van der Waals surface area contributed by atoms with Crippen LogP contribution in [0, 0.1) is 5.82 Å². The first-order valence-electron chi connectivity index (χ1n) is 6.56. The largest absolute Gasteiger partial charge is 0.328 e. The van der Waals surface area contributed by atoms with E-state index >= 15 is 0 Å². The highest BCUT2D eigenvalue weighted by Gasteiger charge is 2.29. The van der Waals surface area contributed by atoms with Crippen molar-refractivity contribution < 1.29 is 9.18 Å². The number of hydrogen-bond donors (Lipinski definition) is 1. The Labute approximate surface area is 133 Å². The number of nitrogens with one attached hydrogen (secondary N) is 1. The summed E-state index contributed by atoms with van der Waals surface area (Å²) in [6.07, 6.45) is 0. The van der Waals surface area contributed by atoms with Crippen LogP contribution in [0.4, 0.5) is 4.39 Å². The lowest BCUT2D eigenvalue weighted by Gasteiger charge is -2.36. The topological polar surface area (TPSA) is 32.3 Å². The van der Waals surface area contributed by atoms with E-state index in [4.69, 9.17) is 0 Å². The second kappa shape index (κ2) is 7.02. The molecule has 6 heteroatoms. The lowest BCUT2D eigenvalue weighted by atomic mass is 10.0. The molecule has 3 nitrogen and oxygen atoms in total. The van der Waals surface area contributed by atoms with E-state index in [-0.39, 0.29) is 30.2 Å². The second-order valence-electron chi connectivity index (χ2n) is 4.75. The Morgan fingerprint density at radius 3 is 2.90 bits per heavy atom. The van der Waals surface area contributed by atoms with Gasteiger partial charge in [0.1, 0.15) is 5.82 Å². The molecule has 1 unspecified atom stereocenters. The molecule has 1 atom stereocenters. The third-order valence-electron chi connectivity index (χ3n) is 3.47. The Hall–Kier alpha value is -1.43. The predicted molar refractivity (Wildman–Crippen MR) is 84.6 cm³/mol. The number of amides is 1. The van der Waals surface area contributed by atoms with Gasteiger partial charge in [-0.25, -0.2) is 4.39 Å². The molecule has 1 amide bonds. The summed E-state index contributed by atoms with van der Waals surface area (Å²) >= 11 is 1.44. The third-order valence-corrected chi connectivity index (χ3v) is 4.33. The first-order chi connectivity index (χ1) is 9.75. The molecule has 1 aromatic heterocycles. The summed E-state index contributed by atoms with van der Waals surface area (Å²) in [5.41, 5.74) is 0.835. The van der Waals surface area contributed by atoms with Gasteiger partial charge in [0.05, 0.1) is 10.9 Å². The minimum atomic E-state index is -0.267. The summed E-state index contributed by atoms with van der Waals surface area (Å²) in [5, 5.41) is 5.17. The number of carbonyl (C=O) groups is 1. The van der Waals surface area contributed by atoms with Crippen molar-refractivity contribution >= 4 is 29.7 Å². The SMILES string of the molecule is Cl.O=C(c1cccs1)N1CCNCC1c1cccc(F)c1. The second-order valence-corrected chi connectivity index (χ2v) is 5.70. The maximum atomic E-state index is 13.4. The van der Waals surface area contributed by atoms with Crippen molar-refractivity contribution in [1.82, 2.24) is 10.2 Å². The zero-order chi connectivity index (χ0) is 13.9. The molecule has 2 heterocycles. The number of halogens is 2. The molecule has 1 fully saturated rings. The highest BCUT2D eigenvalue weighted by atomic mass is 35.5. The minimum absolute atomic E-state index is 0. The molecule has 0 aliphatic carbocycles. The van der Waals surface area contributed by atoms with Gasteiger partial charge in [0.2, 0.25) is 0 Å². The van der Waals surface area contributed by atoms with Crippen molar-refractivity contribution in [3.8, 4) is 0 Å². The van der Waals surface area contributed by atoms with E-state index in [1.54, 1.807) is 6.07 Å². The molecule has 0 radical (unpaired) electrons. The van der Waals surface area contributed by atoms with E-state index in [1.165, 1.54) is 23.5 Å². The van der Waals surface area contributed by atoms with Gasteiger partial charge < -0.3 is 10.2 Å². The number of thiophene rings is 1. The van der Waals surface area contributed by atoms with Crippen molar-refractivity contribution in [1.29, 1.82) is 0 Å². The average Bonchev–Trinajstić information content (AvgIpc) is 3.01. The van der Waals surface area contributed by atoms with Crippen molar-refractivity contribution in [2.45, 2.75) is 6.04 Å². The third kappa shape index (κ3) is 3.43. The molecular weight excluding hydrogens is 311 g/mol. The van der Waals surface area contributed by atoms with Crippen molar-refractivity contribution in [2.75, 3.05) is 19.6 Å². The van der Waals surface area contributed by atoms with Crippen LogP contribution in [0.3, 0.4) is 0 Å². The van der Waals surface area contributed by atoms with Crippen LogP contribution in [-0.4, -0.2) is 30.4 Å². The van der Waals surface area contributed by atoms with Crippen LogP contribution in [0.15, 0.2) is 41.8 Å². The maximum Gasteiger partial charge on any atom is 0.264 e. The number of carbonyl (C=O) groups excluding carboxylic acids is 1. The minimum Gasteiger partial charge on any atom is -0.328 e. The molecule has 112 valence electrons. The summed E-state index contributed by atoms with van der Waals surface area (Å²) < 4.78 is 13.4. The smallest absolute Gasteiger partial charge is 0.264 e. The quantitative estimate of drug-likeness (QED) is 0.919. The first-order valence-corrected chi connectivity index (χ1v) is 7.44. The molecule has 0 bridgehead atoms. The molecule has 3 rings (SSSR count). The highest BCUT2D eigenvalue weighted by molar-refractivity contribution is 7.12. The number of piperazine rings is 1. The van der Waals surface area contributed by atoms with E-state index in [2.05, 4.69) is 5.32 Å². The standard InChI is InChI=1S/C15H15FN2OS.ClH/c16-12-4-1-3-11(9-12)13-10-17-6-7-18(13)15(19)14-5-2-8-20-14;/h1-5,8-9,13,17H,6-7,10H2;1H. The normalized spacial score (nSPS) is 18.1. The fourth-order valence-corrected chi connectivity index (χ4v) is 3.18. The molecule has 21 heavy (non-hydrogen) atoms. The Morgan fingerprint density at radius 1 is 1.33 bits per heavy atom. The summed E-state index contributed by atoms with van der Waals surface area (Å²) in [7, 11) is 0. The van der Waals surface area contributed by atoms with E-state index in [0.29, 0.717) is 13.1 Å². The van der Waals surface area contributed by atoms with Gasteiger partial charge in [0.15, 0.2) is 0 Å². The summed E-state index contributed by atoms with van der Waals surface area (Å²) in [6.45, 7) is 2.06. The molecule has 0 spiro atoms. The van der Waals surface area contributed by atoms with Crippen LogP contribution in [0.2, 0.25) is 0 Å². The van der Waals surface area contributed by atoms with Gasteiger partial charge in [-0.1, -0.05) is 18.2 Å². The van der Waals surface area contributed by atoms with E-state index in [0.717, 1.165) is 17.0 Å². The number of rotatable bonds is 2. The number of hydrogen-bond acceptors (Lipinski definition) is 3. The molecular formula is C15H16ClFN2OS. The Bertz CT molecular complexity index is 605. The van der Waals surface area contributed by atoms with Gasteiger partial charge in [0.25, 0.3) is 5.91 Å². The maximum absolute atomic E-state index is 13.4. The van der Waals surface area contributed by atoms with Gasteiger partial charge in [-0.05, 0) is 29.1 Å². The van der Waals surface area contributed by atoms with Gasteiger partial charge >= 0.3 is 0 Å². The monoisotopic (exact) mass is 326 g/mol. The lowest BCUT2D eigenvalue weighted by Crippen LogP contribution is -2.48. The Morgan fingerprint density at radius 2 is 2.19 bits per heavy atom. The van der Waals surface area contributed by atoms with E-state index in [1.807, 2.05) is 28.5 Å².